The van der Waals surface area contributed by atoms with E-state index in [1.807, 2.05) is 30.0 Å². The molecular weight excluding hydrogens is 156 g/mol. The fraction of sp³-hybridized carbons (Fsp3) is 0.333. The molecule has 1 unspecified atom stereocenters. The van der Waals surface area contributed by atoms with Crippen molar-refractivity contribution in [3.8, 4) is 5.75 Å². The average molecular weight is 166 g/mol. The van der Waals surface area contributed by atoms with Gasteiger partial charge in [-0.1, -0.05) is 12.1 Å². The Bertz CT molecular complexity index is 259. The van der Waals surface area contributed by atoms with Crippen LogP contribution < -0.4 is 4.74 Å². The first kappa shape index (κ1) is 7.04. The first-order valence-corrected chi connectivity index (χ1v) is 4.73. The Kier molecular flexibility index (Phi) is 1.78. The van der Waals surface area contributed by atoms with Crippen LogP contribution in [0, 0.1) is 0 Å². The van der Waals surface area contributed by atoms with E-state index in [0.29, 0.717) is 6.10 Å². The Morgan fingerprint density at radius 3 is 3.18 bits per heavy atom. The van der Waals surface area contributed by atoms with Gasteiger partial charge in [-0.25, -0.2) is 0 Å². The van der Waals surface area contributed by atoms with Crippen LogP contribution in [-0.2, 0) is 0 Å². The molecule has 0 N–H and O–H groups in total. The Morgan fingerprint density at radius 2 is 2.27 bits per heavy atom. The van der Waals surface area contributed by atoms with Crippen molar-refractivity contribution in [2.75, 3.05) is 5.75 Å². The number of hydrogen-bond acceptors (Lipinski definition) is 2. The summed E-state index contributed by atoms with van der Waals surface area (Å²) < 4.78 is 5.61. The van der Waals surface area contributed by atoms with E-state index < -0.39 is 0 Å². The maximum Gasteiger partial charge on any atom is 0.133 e. The maximum atomic E-state index is 5.61. The molecular formula is C9H10OS. The number of thioether (sulfide) groups is 1. The highest BCUT2D eigenvalue weighted by atomic mass is 32.2. The summed E-state index contributed by atoms with van der Waals surface area (Å²) in [6.07, 6.45) is 0.356. The molecule has 1 heterocycles. The van der Waals surface area contributed by atoms with Gasteiger partial charge >= 0.3 is 0 Å². The third-order valence-electron chi connectivity index (χ3n) is 1.65. The molecule has 0 aromatic heterocycles. The number of fused-ring (bicyclic) bond motifs is 1. The molecule has 0 saturated carbocycles. The SMILES string of the molecule is CC1CSc2ccccc2O1. The van der Waals surface area contributed by atoms with Gasteiger partial charge < -0.3 is 4.74 Å². The minimum absolute atomic E-state index is 0.356. The van der Waals surface area contributed by atoms with Gasteiger partial charge in [-0.15, -0.1) is 11.8 Å². The number of benzene rings is 1. The van der Waals surface area contributed by atoms with Crippen molar-refractivity contribution < 1.29 is 4.74 Å². The lowest BCUT2D eigenvalue weighted by molar-refractivity contribution is 0.235. The molecule has 0 spiro atoms. The molecule has 2 heteroatoms. The second-order valence-corrected chi connectivity index (χ2v) is 3.75. The van der Waals surface area contributed by atoms with E-state index in [2.05, 4.69) is 13.0 Å². The molecule has 0 bridgehead atoms. The summed E-state index contributed by atoms with van der Waals surface area (Å²) in [7, 11) is 0. The van der Waals surface area contributed by atoms with Crippen LogP contribution in [0.1, 0.15) is 6.92 Å². The lowest BCUT2D eigenvalue weighted by atomic mass is 10.3. The number of ether oxygens (including phenoxy) is 1. The normalized spacial score (nSPS) is 22.1. The molecule has 0 aliphatic carbocycles. The van der Waals surface area contributed by atoms with Gasteiger partial charge in [-0.2, -0.15) is 0 Å². The molecule has 1 atom stereocenters. The van der Waals surface area contributed by atoms with E-state index in [1.54, 1.807) is 0 Å². The van der Waals surface area contributed by atoms with Crippen molar-refractivity contribution in [3.05, 3.63) is 24.3 Å². The van der Waals surface area contributed by atoms with Crippen molar-refractivity contribution >= 4 is 11.8 Å². The van der Waals surface area contributed by atoms with Gasteiger partial charge in [0.15, 0.2) is 0 Å². The molecule has 11 heavy (non-hydrogen) atoms. The zero-order valence-electron chi connectivity index (χ0n) is 6.41. The molecule has 0 radical (unpaired) electrons. The third-order valence-corrected chi connectivity index (χ3v) is 2.94. The Balaban J connectivity index is 2.34. The highest BCUT2D eigenvalue weighted by Gasteiger charge is 2.14. The van der Waals surface area contributed by atoms with E-state index in [0.717, 1.165) is 11.5 Å². The summed E-state index contributed by atoms with van der Waals surface area (Å²) in [6, 6.07) is 8.19. The highest BCUT2D eigenvalue weighted by Crippen LogP contribution is 2.34. The third kappa shape index (κ3) is 1.36. The molecule has 1 aromatic carbocycles. The first-order valence-electron chi connectivity index (χ1n) is 3.75. The van der Waals surface area contributed by atoms with Gasteiger partial charge in [-0.05, 0) is 19.1 Å². The van der Waals surface area contributed by atoms with Crippen LogP contribution in [0.3, 0.4) is 0 Å². The van der Waals surface area contributed by atoms with Gasteiger partial charge in [-0.3, -0.25) is 0 Å². The standard InChI is InChI=1S/C9H10OS/c1-7-6-11-9-5-3-2-4-8(9)10-7/h2-5,7H,6H2,1H3. The van der Waals surface area contributed by atoms with Gasteiger partial charge in [0, 0.05) is 10.6 Å². The summed E-state index contributed by atoms with van der Waals surface area (Å²) in [5.74, 6) is 2.10. The summed E-state index contributed by atoms with van der Waals surface area (Å²) in [5.41, 5.74) is 0. The van der Waals surface area contributed by atoms with Gasteiger partial charge in [0.1, 0.15) is 11.9 Å². The Morgan fingerprint density at radius 1 is 1.45 bits per heavy atom. The average Bonchev–Trinajstić information content (AvgIpc) is 2.04. The largest absolute Gasteiger partial charge is 0.489 e. The predicted molar refractivity (Wildman–Crippen MR) is 47.3 cm³/mol. The molecule has 1 aromatic rings. The lowest BCUT2D eigenvalue weighted by Gasteiger charge is -2.22. The van der Waals surface area contributed by atoms with E-state index in [9.17, 15) is 0 Å². The van der Waals surface area contributed by atoms with Crippen molar-refractivity contribution in [1.29, 1.82) is 0 Å². The van der Waals surface area contributed by atoms with Crippen molar-refractivity contribution in [1.82, 2.24) is 0 Å². The summed E-state index contributed by atoms with van der Waals surface area (Å²) in [4.78, 5) is 1.27. The van der Waals surface area contributed by atoms with Crippen LogP contribution in [-0.4, -0.2) is 11.9 Å². The van der Waals surface area contributed by atoms with Crippen LogP contribution in [0.5, 0.6) is 5.75 Å². The topological polar surface area (TPSA) is 9.23 Å². The van der Waals surface area contributed by atoms with Crippen LogP contribution >= 0.6 is 11.8 Å². The minimum Gasteiger partial charge on any atom is -0.489 e. The zero-order valence-corrected chi connectivity index (χ0v) is 7.23. The fourth-order valence-electron chi connectivity index (χ4n) is 1.12. The zero-order chi connectivity index (χ0) is 7.68. The maximum absolute atomic E-state index is 5.61. The van der Waals surface area contributed by atoms with E-state index >= 15 is 0 Å². The Hall–Kier alpha value is -0.630. The smallest absolute Gasteiger partial charge is 0.133 e. The molecule has 0 amide bonds. The molecule has 58 valence electrons. The predicted octanol–water partition coefficient (Wildman–Crippen LogP) is 2.56. The Labute approximate surface area is 70.8 Å². The second kappa shape index (κ2) is 2.78. The molecule has 1 aliphatic heterocycles. The van der Waals surface area contributed by atoms with Crippen LogP contribution in [0.25, 0.3) is 0 Å². The van der Waals surface area contributed by atoms with Crippen LogP contribution in [0.4, 0.5) is 0 Å². The molecule has 1 nitrogen and oxygen atoms in total. The lowest BCUT2D eigenvalue weighted by Crippen LogP contribution is -2.18. The van der Waals surface area contributed by atoms with Gasteiger partial charge in [0.2, 0.25) is 0 Å². The summed E-state index contributed by atoms with van der Waals surface area (Å²) in [5, 5.41) is 0. The highest BCUT2D eigenvalue weighted by molar-refractivity contribution is 7.99. The number of para-hydroxylation sites is 1. The second-order valence-electron chi connectivity index (χ2n) is 2.69. The van der Waals surface area contributed by atoms with Crippen LogP contribution in [0.2, 0.25) is 0 Å². The molecule has 0 fully saturated rings. The quantitative estimate of drug-likeness (QED) is 0.585. The molecule has 2 rings (SSSR count). The van der Waals surface area contributed by atoms with E-state index in [4.69, 9.17) is 4.74 Å². The summed E-state index contributed by atoms with van der Waals surface area (Å²) >= 11 is 1.87. The monoisotopic (exact) mass is 166 g/mol. The minimum atomic E-state index is 0.356. The molecule has 0 saturated heterocycles. The van der Waals surface area contributed by atoms with Gasteiger partial charge in [0.05, 0.1) is 0 Å². The number of hydrogen-bond donors (Lipinski definition) is 0. The van der Waals surface area contributed by atoms with Crippen molar-refractivity contribution in [3.63, 3.8) is 0 Å². The fourth-order valence-corrected chi connectivity index (χ4v) is 2.04. The first-order chi connectivity index (χ1) is 5.36. The van der Waals surface area contributed by atoms with Gasteiger partial charge in [0.25, 0.3) is 0 Å². The van der Waals surface area contributed by atoms with E-state index in [1.165, 1.54) is 4.90 Å². The van der Waals surface area contributed by atoms with Crippen molar-refractivity contribution in [2.45, 2.75) is 17.9 Å². The van der Waals surface area contributed by atoms with Crippen molar-refractivity contribution in [2.24, 2.45) is 0 Å². The van der Waals surface area contributed by atoms with Crippen LogP contribution in [0.15, 0.2) is 29.2 Å². The van der Waals surface area contributed by atoms with E-state index in [-0.39, 0.29) is 0 Å². The summed E-state index contributed by atoms with van der Waals surface area (Å²) in [6.45, 7) is 2.10. The molecule has 1 aliphatic rings. The number of rotatable bonds is 0.